The van der Waals surface area contributed by atoms with Crippen molar-refractivity contribution in [2.75, 3.05) is 24.7 Å². The van der Waals surface area contributed by atoms with E-state index in [0.717, 1.165) is 22.3 Å². The number of aromatic nitrogens is 1. The fraction of sp³-hybridized carbons (Fsp3) is 0.150. The first kappa shape index (κ1) is 15.6. The van der Waals surface area contributed by atoms with Gasteiger partial charge in [0.2, 0.25) is 5.79 Å². The van der Waals surface area contributed by atoms with Crippen LogP contribution < -0.4 is 11.5 Å². The Morgan fingerprint density at radius 2 is 1.48 bits per heavy atom. The average molecular weight is 333 g/mol. The summed E-state index contributed by atoms with van der Waals surface area (Å²) < 4.78 is 12.3. The SMILES string of the molecule is Nc1nccc(-c2ccccc2C2(c3ccccc3)OCCO2)c1N. The molecule has 0 radical (unpaired) electrons. The number of ether oxygens (including phenoxy) is 2. The molecule has 0 atom stereocenters. The van der Waals surface area contributed by atoms with E-state index in [2.05, 4.69) is 4.98 Å². The molecule has 5 nitrogen and oxygen atoms in total. The monoisotopic (exact) mass is 333 g/mol. The highest BCUT2D eigenvalue weighted by Crippen LogP contribution is 2.44. The zero-order valence-electron chi connectivity index (χ0n) is 13.7. The van der Waals surface area contributed by atoms with Crippen molar-refractivity contribution in [2.24, 2.45) is 0 Å². The van der Waals surface area contributed by atoms with Gasteiger partial charge in [0.1, 0.15) is 5.82 Å². The van der Waals surface area contributed by atoms with Crippen LogP contribution in [-0.2, 0) is 15.3 Å². The van der Waals surface area contributed by atoms with Crippen LogP contribution in [0.15, 0.2) is 66.9 Å². The molecule has 2 heterocycles. The van der Waals surface area contributed by atoms with Gasteiger partial charge in [0.25, 0.3) is 0 Å². The van der Waals surface area contributed by atoms with E-state index >= 15 is 0 Å². The Labute approximate surface area is 146 Å². The fourth-order valence-electron chi connectivity index (χ4n) is 3.28. The molecule has 2 aromatic carbocycles. The first-order chi connectivity index (χ1) is 12.2. The number of nitrogens with two attached hydrogens (primary N) is 2. The Balaban J connectivity index is 1.95. The van der Waals surface area contributed by atoms with E-state index in [0.29, 0.717) is 24.7 Å². The van der Waals surface area contributed by atoms with Gasteiger partial charge in [-0.2, -0.15) is 0 Å². The van der Waals surface area contributed by atoms with Crippen LogP contribution in [0, 0.1) is 0 Å². The van der Waals surface area contributed by atoms with Gasteiger partial charge in [-0.05, 0) is 11.6 Å². The van der Waals surface area contributed by atoms with E-state index in [-0.39, 0.29) is 0 Å². The molecule has 4 N–H and O–H groups in total. The Bertz CT molecular complexity index is 890. The molecular weight excluding hydrogens is 314 g/mol. The fourth-order valence-corrected chi connectivity index (χ4v) is 3.28. The minimum atomic E-state index is -0.956. The Kier molecular flexibility index (Phi) is 3.87. The van der Waals surface area contributed by atoms with Crippen molar-refractivity contribution in [2.45, 2.75) is 5.79 Å². The van der Waals surface area contributed by atoms with Gasteiger partial charge in [-0.15, -0.1) is 0 Å². The van der Waals surface area contributed by atoms with Crippen molar-refractivity contribution in [3.63, 3.8) is 0 Å². The molecule has 0 bridgehead atoms. The standard InChI is InChI=1S/C20H19N3O2/c21-18-16(10-11-23-19(18)22)15-8-4-5-9-17(15)20(24-12-13-25-20)14-6-2-1-3-7-14/h1-11H,12-13,21H2,(H2,22,23). The number of anilines is 2. The zero-order valence-corrected chi connectivity index (χ0v) is 13.7. The molecule has 4 rings (SSSR count). The van der Waals surface area contributed by atoms with Crippen LogP contribution in [0.4, 0.5) is 11.5 Å². The molecule has 1 aliphatic heterocycles. The third-order valence-corrected chi connectivity index (χ3v) is 4.44. The highest BCUT2D eigenvalue weighted by molar-refractivity contribution is 5.84. The summed E-state index contributed by atoms with van der Waals surface area (Å²) in [5, 5.41) is 0. The average Bonchev–Trinajstić information content (AvgIpc) is 3.16. The summed E-state index contributed by atoms with van der Waals surface area (Å²) in [6, 6.07) is 19.7. The maximum Gasteiger partial charge on any atom is 0.223 e. The van der Waals surface area contributed by atoms with Crippen molar-refractivity contribution in [1.82, 2.24) is 4.98 Å². The number of benzene rings is 2. The second kappa shape index (κ2) is 6.20. The minimum absolute atomic E-state index is 0.314. The van der Waals surface area contributed by atoms with Gasteiger partial charge in [-0.1, -0.05) is 54.6 Å². The third kappa shape index (κ3) is 2.54. The highest BCUT2D eigenvalue weighted by Gasteiger charge is 2.42. The van der Waals surface area contributed by atoms with Crippen molar-refractivity contribution in [3.8, 4) is 11.1 Å². The summed E-state index contributed by atoms with van der Waals surface area (Å²) >= 11 is 0. The first-order valence-electron chi connectivity index (χ1n) is 8.15. The molecule has 126 valence electrons. The van der Waals surface area contributed by atoms with Crippen molar-refractivity contribution in [1.29, 1.82) is 0 Å². The number of pyridine rings is 1. The van der Waals surface area contributed by atoms with E-state index in [1.807, 2.05) is 60.7 Å². The van der Waals surface area contributed by atoms with Gasteiger partial charge in [-0.25, -0.2) is 4.98 Å². The molecule has 0 spiro atoms. The van der Waals surface area contributed by atoms with Crippen LogP contribution in [0.2, 0.25) is 0 Å². The molecular formula is C20H19N3O2. The molecule has 1 aromatic heterocycles. The highest BCUT2D eigenvalue weighted by atomic mass is 16.7. The van der Waals surface area contributed by atoms with Gasteiger partial charge in [-0.3, -0.25) is 0 Å². The van der Waals surface area contributed by atoms with Crippen LogP contribution in [0.1, 0.15) is 11.1 Å². The smallest absolute Gasteiger partial charge is 0.223 e. The van der Waals surface area contributed by atoms with Gasteiger partial charge in [0.15, 0.2) is 0 Å². The van der Waals surface area contributed by atoms with Gasteiger partial charge < -0.3 is 20.9 Å². The number of rotatable bonds is 3. The van der Waals surface area contributed by atoms with Gasteiger partial charge in [0.05, 0.1) is 18.9 Å². The molecule has 1 aliphatic rings. The van der Waals surface area contributed by atoms with Crippen molar-refractivity contribution >= 4 is 11.5 Å². The van der Waals surface area contributed by atoms with Crippen LogP contribution in [-0.4, -0.2) is 18.2 Å². The molecule has 3 aromatic rings. The maximum atomic E-state index is 6.19. The lowest BCUT2D eigenvalue weighted by atomic mass is 9.89. The molecule has 5 heteroatoms. The topological polar surface area (TPSA) is 83.4 Å². The molecule has 0 saturated carbocycles. The summed E-state index contributed by atoms with van der Waals surface area (Å²) in [6.45, 7) is 1.05. The predicted octanol–water partition coefficient (Wildman–Crippen LogP) is 3.16. The molecule has 0 amide bonds. The second-order valence-corrected chi connectivity index (χ2v) is 5.88. The summed E-state index contributed by atoms with van der Waals surface area (Å²) in [4.78, 5) is 4.06. The lowest BCUT2D eigenvalue weighted by Gasteiger charge is -2.30. The Morgan fingerprint density at radius 3 is 2.24 bits per heavy atom. The molecule has 1 saturated heterocycles. The second-order valence-electron chi connectivity index (χ2n) is 5.88. The van der Waals surface area contributed by atoms with Crippen LogP contribution in [0.25, 0.3) is 11.1 Å². The maximum absolute atomic E-state index is 6.19. The summed E-state index contributed by atoms with van der Waals surface area (Å²) in [5.41, 5.74) is 16.1. The van der Waals surface area contributed by atoms with Crippen molar-refractivity contribution < 1.29 is 9.47 Å². The summed E-state index contributed by atoms with van der Waals surface area (Å²) in [6.07, 6.45) is 1.66. The zero-order chi connectivity index (χ0) is 17.3. The Morgan fingerprint density at radius 1 is 0.800 bits per heavy atom. The van der Waals surface area contributed by atoms with E-state index in [9.17, 15) is 0 Å². The number of nitrogens with zero attached hydrogens (tertiary/aromatic N) is 1. The molecule has 0 aliphatic carbocycles. The quantitative estimate of drug-likeness (QED) is 0.769. The van der Waals surface area contributed by atoms with Crippen LogP contribution in [0.5, 0.6) is 0 Å². The van der Waals surface area contributed by atoms with E-state index < -0.39 is 5.79 Å². The minimum Gasteiger partial charge on any atom is -0.395 e. The normalized spacial score (nSPS) is 16.0. The number of nitrogen functional groups attached to an aromatic ring is 2. The molecule has 25 heavy (non-hydrogen) atoms. The lowest BCUT2D eigenvalue weighted by Crippen LogP contribution is -2.29. The number of hydrogen-bond acceptors (Lipinski definition) is 5. The van der Waals surface area contributed by atoms with E-state index in [1.54, 1.807) is 6.20 Å². The predicted molar refractivity (Wildman–Crippen MR) is 97.6 cm³/mol. The van der Waals surface area contributed by atoms with Gasteiger partial charge >= 0.3 is 0 Å². The molecule has 1 fully saturated rings. The van der Waals surface area contributed by atoms with E-state index in [1.165, 1.54) is 0 Å². The van der Waals surface area contributed by atoms with Crippen LogP contribution in [0.3, 0.4) is 0 Å². The first-order valence-corrected chi connectivity index (χ1v) is 8.15. The summed E-state index contributed by atoms with van der Waals surface area (Å²) in [5.74, 6) is -0.642. The summed E-state index contributed by atoms with van der Waals surface area (Å²) in [7, 11) is 0. The molecule has 0 unspecified atom stereocenters. The number of hydrogen-bond donors (Lipinski definition) is 2. The van der Waals surface area contributed by atoms with Crippen LogP contribution >= 0.6 is 0 Å². The Hall–Kier alpha value is -2.89. The largest absolute Gasteiger partial charge is 0.395 e. The third-order valence-electron chi connectivity index (χ3n) is 4.44. The van der Waals surface area contributed by atoms with E-state index in [4.69, 9.17) is 20.9 Å². The van der Waals surface area contributed by atoms with Crippen molar-refractivity contribution in [3.05, 3.63) is 78.0 Å². The lowest BCUT2D eigenvalue weighted by molar-refractivity contribution is -0.129. The van der Waals surface area contributed by atoms with Gasteiger partial charge in [0, 0.05) is 22.9 Å².